The normalized spacial score (nSPS) is 19.6. The van der Waals surface area contributed by atoms with E-state index in [2.05, 4.69) is 4.74 Å². The third-order valence-electron chi connectivity index (χ3n) is 3.19. The molecule has 0 aliphatic carbocycles. The van der Waals surface area contributed by atoms with E-state index in [1.165, 1.54) is 0 Å². The van der Waals surface area contributed by atoms with Gasteiger partial charge in [0.25, 0.3) is 0 Å². The minimum atomic E-state index is -0.415. The summed E-state index contributed by atoms with van der Waals surface area (Å²) >= 11 is 0. The highest BCUT2D eigenvalue weighted by molar-refractivity contribution is 5.89. The van der Waals surface area contributed by atoms with Crippen molar-refractivity contribution >= 4 is 11.9 Å². The molecule has 0 spiro atoms. The third-order valence-corrected chi connectivity index (χ3v) is 3.19. The SMILES string of the molecule is COc1ccc(CC2CCC(=O)OC2=O)cc1C. The van der Waals surface area contributed by atoms with Crippen molar-refractivity contribution in [1.29, 1.82) is 0 Å². The molecule has 1 saturated heterocycles. The fourth-order valence-corrected chi connectivity index (χ4v) is 2.19. The van der Waals surface area contributed by atoms with Gasteiger partial charge in [-0.3, -0.25) is 9.59 Å². The summed E-state index contributed by atoms with van der Waals surface area (Å²) in [4.78, 5) is 22.5. The van der Waals surface area contributed by atoms with Crippen LogP contribution in [0.1, 0.15) is 24.0 Å². The van der Waals surface area contributed by atoms with Crippen LogP contribution in [0.15, 0.2) is 18.2 Å². The van der Waals surface area contributed by atoms with Crippen molar-refractivity contribution in [2.45, 2.75) is 26.2 Å². The first kappa shape index (κ1) is 12.6. The number of benzene rings is 1. The Labute approximate surface area is 106 Å². The summed E-state index contributed by atoms with van der Waals surface area (Å²) in [7, 11) is 1.63. The standard InChI is InChI=1S/C14H16O4/c1-9-7-10(3-5-12(9)17-2)8-11-4-6-13(15)18-14(11)16/h3,5,7,11H,4,6,8H2,1-2H3. The number of esters is 2. The summed E-state index contributed by atoms with van der Waals surface area (Å²) in [5, 5.41) is 0. The van der Waals surface area contributed by atoms with Gasteiger partial charge in [0.05, 0.1) is 13.0 Å². The third kappa shape index (κ3) is 2.70. The quantitative estimate of drug-likeness (QED) is 0.606. The molecular weight excluding hydrogens is 232 g/mol. The van der Waals surface area contributed by atoms with Gasteiger partial charge in [0, 0.05) is 6.42 Å². The van der Waals surface area contributed by atoms with Crippen LogP contribution in [0.5, 0.6) is 5.75 Å². The maximum absolute atomic E-state index is 11.5. The Morgan fingerprint density at radius 1 is 1.39 bits per heavy atom. The largest absolute Gasteiger partial charge is 0.496 e. The molecule has 0 amide bonds. The summed E-state index contributed by atoms with van der Waals surface area (Å²) < 4.78 is 9.83. The molecular formula is C14H16O4. The van der Waals surface area contributed by atoms with E-state index in [0.29, 0.717) is 19.3 Å². The highest BCUT2D eigenvalue weighted by atomic mass is 16.6. The van der Waals surface area contributed by atoms with Crippen LogP contribution in [-0.2, 0) is 20.7 Å². The zero-order valence-electron chi connectivity index (χ0n) is 10.6. The summed E-state index contributed by atoms with van der Waals surface area (Å²) in [5.41, 5.74) is 2.10. The Morgan fingerprint density at radius 3 is 2.78 bits per heavy atom. The van der Waals surface area contributed by atoms with Crippen LogP contribution < -0.4 is 4.74 Å². The van der Waals surface area contributed by atoms with Crippen molar-refractivity contribution in [3.63, 3.8) is 0 Å². The number of rotatable bonds is 3. The maximum atomic E-state index is 11.5. The van der Waals surface area contributed by atoms with E-state index < -0.39 is 11.9 Å². The predicted octanol–water partition coefficient (Wildman–Crippen LogP) is 2.03. The van der Waals surface area contributed by atoms with E-state index in [1.54, 1.807) is 7.11 Å². The Morgan fingerprint density at radius 2 is 2.17 bits per heavy atom. The topological polar surface area (TPSA) is 52.6 Å². The number of ether oxygens (including phenoxy) is 2. The maximum Gasteiger partial charge on any atom is 0.316 e. The molecule has 2 rings (SSSR count). The lowest BCUT2D eigenvalue weighted by Gasteiger charge is -2.19. The first-order valence-corrected chi connectivity index (χ1v) is 5.98. The van der Waals surface area contributed by atoms with E-state index in [1.807, 2.05) is 25.1 Å². The lowest BCUT2D eigenvalue weighted by molar-refractivity contribution is -0.167. The van der Waals surface area contributed by atoms with Gasteiger partial charge in [-0.05, 0) is 37.0 Å². The summed E-state index contributed by atoms with van der Waals surface area (Å²) in [6.45, 7) is 1.96. The number of carbonyl (C=O) groups is 2. The first-order valence-electron chi connectivity index (χ1n) is 5.98. The van der Waals surface area contributed by atoms with Crippen molar-refractivity contribution in [2.24, 2.45) is 5.92 Å². The molecule has 0 aromatic heterocycles. The molecule has 1 atom stereocenters. The second kappa shape index (κ2) is 5.21. The summed E-state index contributed by atoms with van der Waals surface area (Å²) in [6.07, 6.45) is 1.51. The van der Waals surface area contributed by atoms with Crippen molar-refractivity contribution < 1.29 is 19.1 Å². The monoisotopic (exact) mass is 248 g/mol. The molecule has 96 valence electrons. The van der Waals surface area contributed by atoms with Gasteiger partial charge in [-0.1, -0.05) is 12.1 Å². The van der Waals surface area contributed by atoms with Gasteiger partial charge in [-0.2, -0.15) is 0 Å². The van der Waals surface area contributed by atoms with E-state index in [0.717, 1.165) is 16.9 Å². The highest BCUT2D eigenvalue weighted by Gasteiger charge is 2.28. The number of cyclic esters (lactones) is 2. The molecule has 1 aliphatic heterocycles. The van der Waals surface area contributed by atoms with Crippen LogP contribution in [0.2, 0.25) is 0 Å². The van der Waals surface area contributed by atoms with Crippen LogP contribution in [-0.4, -0.2) is 19.0 Å². The molecule has 0 radical (unpaired) electrons. The molecule has 0 N–H and O–H groups in total. The van der Waals surface area contributed by atoms with Gasteiger partial charge < -0.3 is 9.47 Å². The molecule has 0 bridgehead atoms. The number of aryl methyl sites for hydroxylation is 1. The summed E-state index contributed by atoms with van der Waals surface area (Å²) in [6, 6.07) is 5.84. The van der Waals surface area contributed by atoms with Crippen LogP contribution in [0.4, 0.5) is 0 Å². The smallest absolute Gasteiger partial charge is 0.316 e. The van der Waals surface area contributed by atoms with E-state index in [-0.39, 0.29) is 5.92 Å². The fourth-order valence-electron chi connectivity index (χ4n) is 2.19. The fraction of sp³-hybridized carbons (Fsp3) is 0.429. The Hall–Kier alpha value is -1.84. The Kier molecular flexibility index (Phi) is 3.65. The molecule has 1 fully saturated rings. The van der Waals surface area contributed by atoms with Crippen molar-refractivity contribution in [2.75, 3.05) is 7.11 Å². The van der Waals surface area contributed by atoms with Gasteiger partial charge in [0.1, 0.15) is 5.75 Å². The molecule has 18 heavy (non-hydrogen) atoms. The van der Waals surface area contributed by atoms with Gasteiger partial charge >= 0.3 is 11.9 Å². The van der Waals surface area contributed by atoms with Gasteiger partial charge in [0.15, 0.2) is 0 Å². The lowest BCUT2D eigenvalue weighted by atomic mass is 9.92. The van der Waals surface area contributed by atoms with Crippen molar-refractivity contribution in [3.05, 3.63) is 29.3 Å². The van der Waals surface area contributed by atoms with Gasteiger partial charge in [-0.15, -0.1) is 0 Å². The van der Waals surface area contributed by atoms with Crippen molar-refractivity contribution in [3.8, 4) is 5.75 Å². The molecule has 4 nitrogen and oxygen atoms in total. The van der Waals surface area contributed by atoms with E-state index in [9.17, 15) is 9.59 Å². The molecule has 4 heteroatoms. The highest BCUT2D eigenvalue weighted by Crippen LogP contribution is 2.24. The zero-order chi connectivity index (χ0) is 13.1. The molecule has 1 aromatic carbocycles. The average Bonchev–Trinajstić information content (AvgIpc) is 2.33. The minimum Gasteiger partial charge on any atom is -0.496 e. The number of hydrogen-bond acceptors (Lipinski definition) is 4. The summed E-state index contributed by atoms with van der Waals surface area (Å²) in [5.74, 6) is -0.197. The van der Waals surface area contributed by atoms with E-state index >= 15 is 0 Å². The van der Waals surface area contributed by atoms with Crippen molar-refractivity contribution in [1.82, 2.24) is 0 Å². The number of methoxy groups -OCH3 is 1. The molecule has 1 unspecified atom stereocenters. The Bertz CT molecular complexity index is 479. The molecule has 1 heterocycles. The van der Waals surface area contributed by atoms with Gasteiger partial charge in [-0.25, -0.2) is 0 Å². The van der Waals surface area contributed by atoms with E-state index in [4.69, 9.17) is 4.74 Å². The number of hydrogen-bond donors (Lipinski definition) is 0. The Balaban J connectivity index is 2.07. The molecule has 0 saturated carbocycles. The lowest BCUT2D eigenvalue weighted by Crippen LogP contribution is -2.29. The minimum absolute atomic E-state index is 0.213. The zero-order valence-corrected chi connectivity index (χ0v) is 10.6. The first-order chi connectivity index (χ1) is 8.60. The second-order valence-corrected chi connectivity index (χ2v) is 4.54. The molecule has 1 aliphatic rings. The average molecular weight is 248 g/mol. The predicted molar refractivity (Wildman–Crippen MR) is 65.3 cm³/mol. The molecule has 1 aromatic rings. The number of carbonyl (C=O) groups excluding carboxylic acids is 2. The van der Waals surface area contributed by atoms with Gasteiger partial charge in [0.2, 0.25) is 0 Å². The van der Waals surface area contributed by atoms with Crippen LogP contribution in [0, 0.1) is 12.8 Å². The second-order valence-electron chi connectivity index (χ2n) is 4.54. The van der Waals surface area contributed by atoms with Crippen LogP contribution in [0.3, 0.4) is 0 Å². The van der Waals surface area contributed by atoms with Crippen LogP contribution >= 0.6 is 0 Å². The van der Waals surface area contributed by atoms with Crippen LogP contribution in [0.25, 0.3) is 0 Å².